The lowest BCUT2D eigenvalue weighted by molar-refractivity contribution is -0.102. The van der Waals surface area contributed by atoms with Crippen molar-refractivity contribution in [3.63, 3.8) is 0 Å². The average molecular weight is 538 g/mol. The van der Waals surface area contributed by atoms with Crippen molar-refractivity contribution >= 4 is 11.5 Å². The SMILES string of the molecule is c1cn(-c2ccc(CNc3cc(-c4cnc5cc(OC(C6CCNCC6)C6COC6)ccn45)ncn3)cc2)nn1. The molecule has 11 heteroatoms. The Balaban J connectivity index is 1.05. The summed E-state index contributed by atoms with van der Waals surface area (Å²) in [4.78, 5) is 13.6. The van der Waals surface area contributed by atoms with Gasteiger partial charge in [0.25, 0.3) is 0 Å². The van der Waals surface area contributed by atoms with Crippen molar-refractivity contribution in [1.82, 2.24) is 39.7 Å². The first-order chi connectivity index (χ1) is 19.8. The van der Waals surface area contributed by atoms with Gasteiger partial charge in [-0.1, -0.05) is 17.3 Å². The lowest BCUT2D eigenvalue weighted by Crippen LogP contribution is -2.48. The average Bonchev–Trinajstić information content (AvgIpc) is 3.66. The summed E-state index contributed by atoms with van der Waals surface area (Å²) in [5.41, 5.74) is 4.60. The van der Waals surface area contributed by atoms with Crippen molar-refractivity contribution in [3.05, 3.63) is 79.1 Å². The van der Waals surface area contributed by atoms with Crippen LogP contribution in [0.2, 0.25) is 0 Å². The molecule has 6 heterocycles. The molecule has 1 atom stereocenters. The van der Waals surface area contributed by atoms with Gasteiger partial charge in [-0.05, 0) is 55.6 Å². The topological polar surface area (TPSA) is 116 Å². The molecule has 7 rings (SSSR count). The first-order valence-corrected chi connectivity index (χ1v) is 13.7. The molecule has 4 aromatic heterocycles. The Labute approximate surface area is 231 Å². The number of aromatic nitrogens is 7. The number of pyridine rings is 1. The monoisotopic (exact) mass is 537 g/mol. The summed E-state index contributed by atoms with van der Waals surface area (Å²) in [6.45, 7) is 4.29. The fourth-order valence-corrected chi connectivity index (χ4v) is 5.47. The van der Waals surface area contributed by atoms with Crippen molar-refractivity contribution in [2.24, 2.45) is 11.8 Å². The minimum Gasteiger partial charge on any atom is -0.489 e. The van der Waals surface area contributed by atoms with Crippen molar-refractivity contribution in [2.45, 2.75) is 25.5 Å². The molecule has 1 aromatic carbocycles. The van der Waals surface area contributed by atoms with Crippen LogP contribution in [0.5, 0.6) is 5.75 Å². The van der Waals surface area contributed by atoms with E-state index in [-0.39, 0.29) is 6.10 Å². The highest BCUT2D eigenvalue weighted by Gasteiger charge is 2.36. The van der Waals surface area contributed by atoms with E-state index in [1.54, 1.807) is 17.2 Å². The van der Waals surface area contributed by atoms with Gasteiger partial charge in [-0.25, -0.2) is 19.6 Å². The number of imidazole rings is 1. The van der Waals surface area contributed by atoms with Crippen LogP contribution in [0, 0.1) is 11.8 Å². The van der Waals surface area contributed by atoms with Crippen LogP contribution in [-0.2, 0) is 11.3 Å². The maximum absolute atomic E-state index is 6.60. The molecular formula is C29H31N9O2. The van der Waals surface area contributed by atoms with E-state index in [1.165, 1.54) is 0 Å². The van der Waals surface area contributed by atoms with E-state index in [0.29, 0.717) is 18.4 Å². The van der Waals surface area contributed by atoms with Crippen LogP contribution >= 0.6 is 0 Å². The largest absolute Gasteiger partial charge is 0.489 e. The molecular weight excluding hydrogens is 506 g/mol. The highest BCUT2D eigenvalue weighted by molar-refractivity contribution is 5.63. The van der Waals surface area contributed by atoms with Gasteiger partial charge in [-0.15, -0.1) is 5.10 Å². The lowest BCUT2D eigenvalue weighted by atomic mass is 9.83. The fourth-order valence-electron chi connectivity index (χ4n) is 5.47. The number of hydrogen-bond donors (Lipinski definition) is 2. The maximum Gasteiger partial charge on any atom is 0.140 e. The normalized spacial score (nSPS) is 17.0. The Morgan fingerprint density at radius 1 is 1.00 bits per heavy atom. The van der Waals surface area contributed by atoms with Crippen molar-refractivity contribution < 1.29 is 9.47 Å². The van der Waals surface area contributed by atoms with Crippen LogP contribution in [0.15, 0.2) is 73.6 Å². The summed E-state index contributed by atoms with van der Waals surface area (Å²) in [6, 6.07) is 14.1. The molecule has 2 aliphatic heterocycles. The number of anilines is 1. The number of piperidine rings is 1. The molecule has 0 saturated carbocycles. The third-order valence-corrected chi connectivity index (χ3v) is 7.76. The van der Waals surface area contributed by atoms with Gasteiger partial charge in [0.1, 0.15) is 29.6 Å². The van der Waals surface area contributed by atoms with E-state index in [4.69, 9.17) is 9.47 Å². The number of hydrogen-bond acceptors (Lipinski definition) is 9. The second-order valence-electron chi connectivity index (χ2n) is 10.4. The number of fused-ring (bicyclic) bond motifs is 1. The van der Waals surface area contributed by atoms with Crippen LogP contribution in [0.3, 0.4) is 0 Å². The molecule has 2 saturated heterocycles. The zero-order chi connectivity index (χ0) is 26.7. The van der Waals surface area contributed by atoms with Crippen LogP contribution in [0.4, 0.5) is 5.82 Å². The minimum atomic E-state index is 0.169. The van der Waals surface area contributed by atoms with Gasteiger partial charge < -0.3 is 20.1 Å². The Morgan fingerprint density at radius 3 is 2.65 bits per heavy atom. The predicted molar refractivity (Wildman–Crippen MR) is 149 cm³/mol. The first kappa shape index (κ1) is 24.7. The summed E-state index contributed by atoms with van der Waals surface area (Å²) in [5, 5.41) is 14.7. The summed E-state index contributed by atoms with van der Waals surface area (Å²) < 4.78 is 15.9. The van der Waals surface area contributed by atoms with Crippen molar-refractivity contribution in [2.75, 3.05) is 31.6 Å². The number of nitrogens with one attached hydrogen (secondary N) is 2. The first-order valence-electron chi connectivity index (χ1n) is 13.7. The van der Waals surface area contributed by atoms with E-state index >= 15 is 0 Å². The van der Waals surface area contributed by atoms with Gasteiger partial charge in [0.15, 0.2) is 0 Å². The molecule has 0 aliphatic carbocycles. The molecule has 0 bridgehead atoms. The summed E-state index contributed by atoms with van der Waals surface area (Å²) >= 11 is 0. The molecule has 2 aliphatic rings. The Kier molecular flexibility index (Phi) is 6.80. The van der Waals surface area contributed by atoms with Crippen molar-refractivity contribution in [1.29, 1.82) is 0 Å². The highest BCUT2D eigenvalue weighted by atomic mass is 16.5. The molecule has 40 heavy (non-hydrogen) atoms. The second-order valence-corrected chi connectivity index (χ2v) is 10.4. The molecule has 1 unspecified atom stereocenters. The highest BCUT2D eigenvalue weighted by Crippen LogP contribution is 2.32. The molecule has 11 nitrogen and oxygen atoms in total. The Bertz CT molecular complexity index is 1560. The minimum absolute atomic E-state index is 0.169. The van der Waals surface area contributed by atoms with Gasteiger partial charge in [0.2, 0.25) is 0 Å². The quantitative estimate of drug-likeness (QED) is 0.292. The van der Waals surface area contributed by atoms with E-state index in [0.717, 1.165) is 79.0 Å². The third-order valence-electron chi connectivity index (χ3n) is 7.76. The van der Waals surface area contributed by atoms with Crippen LogP contribution in [0.25, 0.3) is 22.7 Å². The molecule has 5 aromatic rings. The van der Waals surface area contributed by atoms with E-state index in [9.17, 15) is 0 Å². The van der Waals surface area contributed by atoms with Crippen molar-refractivity contribution in [3.8, 4) is 22.8 Å². The lowest BCUT2D eigenvalue weighted by Gasteiger charge is -2.40. The molecule has 0 radical (unpaired) electrons. The standard InChI is InChI=1S/C29H31N9O2/c1-3-23(38-12-10-35-36-38)4-2-20(1)15-31-27-14-25(33-19-34-27)26-16-32-28-13-24(7-11-37(26)28)40-29(22-17-39-18-22)21-5-8-30-9-6-21/h1-4,7,10-14,16,19,21-22,29-30H,5-6,8-9,15,17-18H2,(H,31,33,34). The van der Waals surface area contributed by atoms with E-state index in [1.807, 2.05) is 53.3 Å². The van der Waals surface area contributed by atoms with Gasteiger partial charge in [-0.2, -0.15) is 0 Å². The zero-order valence-corrected chi connectivity index (χ0v) is 22.1. The maximum atomic E-state index is 6.60. The zero-order valence-electron chi connectivity index (χ0n) is 22.1. The van der Waals surface area contributed by atoms with Crippen LogP contribution in [0.1, 0.15) is 18.4 Å². The number of nitrogens with zero attached hydrogens (tertiary/aromatic N) is 7. The Hall–Kier alpha value is -4.35. The van der Waals surface area contributed by atoms with Crippen LogP contribution < -0.4 is 15.4 Å². The second kappa shape index (κ2) is 11.0. The summed E-state index contributed by atoms with van der Waals surface area (Å²) in [6.07, 6.45) is 11.4. The van der Waals surface area contributed by atoms with Gasteiger partial charge in [-0.3, -0.25) is 4.40 Å². The molecule has 2 N–H and O–H groups in total. The molecule has 0 spiro atoms. The number of ether oxygens (including phenoxy) is 2. The van der Waals surface area contributed by atoms with E-state index < -0.39 is 0 Å². The fraction of sp³-hybridized carbons (Fsp3) is 0.345. The van der Waals surface area contributed by atoms with Gasteiger partial charge >= 0.3 is 0 Å². The molecule has 204 valence electrons. The summed E-state index contributed by atoms with van der Waals surface area (Å²) in [5.74, 6) is 2.58. The summed E-state index contributed by atoms with van der Waals surface area (Å²) in [7, 11) is 0. The number of rotatable bonds is 9. The third kappa shape index (κ3) is 5.13. The molecule has 2 fully saturated rings. The van der Waals surface area contributed by atoms with Gasteiger partial charge in [0.05, 0.1) is 48.9 Å². The Morgan fingerprint density at radius 2 is 1.88 bits per heavy atom. The molecule has 0 amide bonds. The predicted octanol–water partition coefficient (Wildman–Crippen LogP) is 3.38. The van der Waals surface area contributed by atoms with E-state index in [2.05, 4.69) is 48.0 Å². The van der Waals surface area contributed by atoms with Gasteiger partial charge in [0, 0.05) is 30.8 Å². The van der Waals surface area contributed by atoms with Crippen LogP contribution in [-0.4, -0.2) is 66.8 Å². The number of benzene rings is 1. The smallest absolute Gasteiger partial charge is 0.140 e.